The van der Waals surface area contributed by atoms with Crippen LogP contribution in [0.25, 0.3) is 0 Å². The summed E-state index contributed by atoms with van der Waals surface area (Å²) in [5, 5.41) is 9.00. The van der Waals surface area contributed by atoms with Crippen molar-refractivity contribution in [2.45, 2.75) is 39.5 Å². The maximum atomic E-state index is 12.4. The Balaban J connectivity index is 2.50. The minimum Gasteiger partial charge on any atom is -0.469 e. The lowest BCUT2D eigenvalue weighted by Gasteiger charge is -2.25. The third kappa shape index (κ3) is 7.13. The number of benzene rings is 1. The maximum Gasteiger partial charge on any atom is 0.310 e. The molecule has 0 aliphatic heterocycles. The molecule has 1 amide bonds. The molecule has 0 aromatic heterocycles. The zero-order valence-corrected chi connectivity index (χ0v) is 15.0. The zero-order valence-electron chi connectivity index (χ0n) is 15.0. The molecule has 1 unspecified atom stereocenters. The summed E-state index contributed by atoms with van der Waals surface area (Å²) >= 11 is 0. The summed E-state index contributed by atoms with van der Waals surface area (Å²) in [5.74, 6) is -0.669. The van der Waals surface area contributed by atoms with Crippen LogP contribution in [-0.2, 0) is 20.7 Å². The fourth-order valence-corrected chi connectivity index (χ4v) is 2.54. The number of aliphatic hydroxyl groups is 1. The Morgan fingerprint density at radius 1 is 1.21 bits per heavy atom. The molecular formula is C19H29NO4. The van der Waals surface area contributed by atoms with Gasteiger partial charge in [0, 0.05) is 26.1 Å². The fraction of sp³-hybridized carbons (Fsp3) is 0.579. The van der Waals surface area contributed by atoms with Gasteiger partial charge in [0.2, 0.25) is 5.91 Å². The molecule has 0 fully saturated rings. The first-order valence-electron chi connectivity index (χ1n) is 8.50. The van der Waals surface area contributed by atoms with E-state index in [0.717, 1.165) is 12.8 Å². The van der Waals surface area contributed by atoms with Gasteiger partial charge in [0.25, 0.3) is 0 Å². The molecule has 0 saturated heterocycles. The second kappa shape index (κ2) is 10.8. The molecule has 0 bridgehead atoms. The highest BCUT2D eigenvalue weighted by atomic mass is 16.5. The van der Waals surface area contributed by atoms with Gasteiger partial charge < -0.3 is 14.7 Å². The number of hydrogen-bond donors (Lipinski definition) is 1. The topological polar surface area (TPSA) is 66.8 Å². The predicted octanol–water partition coefficient (Wildman–Crippen LogP) is 2.34. The molecule has 5 heteroatoms. The number of rotatable bonds is 10. The minimum atomic E-state index is -0.366. The summed E-state index contributed by atoms with van der Waals surface area (Å²) < 4.78 is 4.72. The van der Waals surface area contributed by atoms with Crippen LogP contribution in [0, 0.1) is 12.8 Å². The Hall–Kier alpha value is -1.88. The zero-order chi connectivity index (χ0) is 17.9. The third-order valence-electron chi connectivity index (χ3n) is 4.01. The highest BCUT2D eigenvalue weighted by Gasteiger charge is 2.20. The highest BCUT2D eigenvalue weighted by Crippen LogP contribution is 2.10. The monoisotopic (exact) mass is 335 g/mol. The summed E-state index contributed by atoms with van der Waals surface area (Å²) in [6, 6.07) is 8.32. The summed E-state index contributed by atoms with van der Waals surface area (Å²) in [6.07, 6.45) is 2.57. The molecule has 1 rings (SSSR count). The van der Waals surface area contributed by atoms with Crippen LogP contribution in [0.1, 0.15) is 37.3 Å². The van der Waals surface area contributed by atoms with Gasteiger partial charge in [0.1, 0.15) is 0 Å². The van der Waals surface area contributed by atoms with Crippen LogP contribution in [-0.4, -0.2) is 48.7 Å². The summed E-state index contributed by atoms with van der Waals surface area (Å²) in [4.78, 5) is 25.7. The molecular weight excluding hydrogens is 306 g/mol. The summed E-state index contributed by atoms with van der Waals surface area (Å²) in [5.41, 5.74) is 2.44. The second-order valence-corrected chi connectivity index (χ2v) is 6.18. The number of esters is 1. The van der Waals surface area contributed by atoms with E-state index in [1.807, 2.05) is 0 Å². The van der Waals surface area contributed by atoms with Gasteiger partial charge in [-0.1, -0.05) is 36.8 Å². The average Bonchev–Trinajstić information content (AvgIpc) is 2.59. The molecule has 5 nitrogen and oxygen atoms in total. The van der Waals surface area contributed by atoms with Crippen molar-refractivity contribution in [3.8, 4) is 0 Å². The van der Waals surface area contributed by atoms with Crippen molar-refractivity contribution < 1.29 is 19.4 Å². The number of amides is 1. The molecule has 134 valence electrons. The van der Waals surface area contributed by atoms with Crippen LogP contribution in [0.3, 0.4) is 0 Å². The van der Waals surface area contributed by atoms with Gasteiger partial charge >= 0.3 is 5.97 Å². The molecule has 0 spiro atoms. The van der Waals surface area contributed by atoms with Crippen LogP contribution < -0.4 is 0 Å². The van der Waals surface area contributed by atoms with Crippen LogP contribution in [0.15, 0.2) is 24.3 Å². The molecule has 1 atom stereocenters. The van der Waals surface area contributed by atoms with E-state index in [1.165, 1.54) is 18.2 Å². The molecule has 0 aliphatic rings. The van der Waals surface area contributed by atoms with Gasteiger partial charge in [-0.05, 0) is 31.7 Å². The van der Waals surface area contributed by atoms with E-state index >= 15 is 0 Å². The number of aliphatic hydroxyl groups excluding tert-OH is 1. The van der Waals surface area contributed by atoms with Crippen molar-refractivity contribution in [2.75, 3.05) is 26.8 Å². The summed E-state index contributed by atoms with van der Waals surface area (Å²) in [6.45, 7) is 4.61. The summed E-state index contributed by atoms with van der Waals surface area (Å²) in [7, 11) is 1.35. The van der Waals surface area contributed by atoms with E-state index in [4.69, 9.17) is 9.84 Å². The lowest BCUT2D eigenvalue weighted by Crippen LogP contribution is -2.38. The predicted molar refractivity (Wildman–Crippen MR) is 93.6 cm³/mol. The lowest BCUT2D eigenvalue weighted by molar-refractivity contribution is -0.146. The van der Waals surface area contributed by atoms with Crippen molar-refractivity contribution in [2.24, 2.45) is 5.92 Å². The van der Waals surface area contributed by atoms with Gasteiger partial charge in [-0.3, -0.25) is 9.59 Å². The first-order chi connectivity index (χ1) is 11.5. The molecule has 0 heterocycles. The molecule has 1 aromatic rings. The number of ether oxygens (including phenoxy) is 1. The maximum absolute atomic E-state index is 12.4. The standard InChI is InChI=1S/C19H29NO4/c1-15-8-10-17(11-9-15)6-4-7-18(22)20(12-5-13-21)14-16(2)19(23)24-3/h8-11,16,21H,4-7,12-14H2,1-3H3. The van der Waals surface area contributed by atoms with Crippen molar-refractivity contribution in [1.29, 1.82) is 0 Å². The Kier molecular flexibility index (Phi) is 9.08. The van der Waals surface area contributed by atoms with Crippen molar-refractivity contribution in [3.05, 3.63) is 35.4 Å². The van der Waals surface area contributed by atoms with Gasteiger partial charge in [0.15, 0.2) is 0 Å². The van der Waals surface area contributed by atoms with Gasteiger partial charge in [-0.25, -0.2) is 0 Å². The van der Waals surface area contributed by atoms with E-state index in [1.54, 1.807) is 11.8 Å². The van der Waals surface area contributed by atoms with Crippen molar-refractivity contribution in [1.82, 2.24) is 4.90 Å². The van der Waals surface area contributed by atoms with Crippen molar-refractivity contribution >= 4 is 11.9 Å². The van der Waals surface area contributed by atoms with Crippen LogP contribution in [0.2, 0.25) is 0 Å². The number of methoxy groups -OCH3 is 1. The Labute approximate surface area is 144 Å². The smallest absolute Gasteiger partial charge is 0.310 e. The van der Waals surface area contributed by atoms with E-state index in [9.17, 15) is 9.59 Å². The quantitative estimate of drug-likeness (QED) is 0.667. The Bertz CT molecular complexity index is 513. The normalized spacial score (nSPS) is 11.8. The fourth-order valence-electron chi connectivity index (χ4n) is 2.54. The molecule has 1 aromatic carbocycles. The minimum absolute atomic E-state index is 0.0197. The second-order valence-electron chi connectivity index (χ2n) is 6.18. The molecule has 0 radical (unpaired) electrons. The number of hydrogen-bond acceptors (Lipinski definition) is 4. The van der Waals surface area contributed by atoms with E-state index < -0.39 is 0 Å². The molecule has 0 aliphatic carbocycles. The first kappa shape index (κ1) is 20.2. The molecule has 24 heavy (non-hydrogen) atoms. The lowest BCUT2D eigenvalue weighted by atomic mass is 10.1. The van der Waals surface area contributed by atoms with Gasteiger partial charge in [-0.2, -0.15) is 0 Å². The van der Waals surface area contributed by atoms with E-state index in [2.05, 4.69) is 31.2 Å². The third-order valence-corrected chi connectivity index (χ3v) is 4.01. The van der Waals surface area contributed by atoms with Gasteiger partial charge in [-0.15, -0.1) is 0 Å². The Morgan fingerprint density at radius 3 is 2.46 bits per heavy atom. The number of carbonyl (C=O) groups excluding carboxylic acids is 2. The SMILES string of the molecule is COC(=O)C(C)CN(CCCO)C(=O)CCCc1ccc(C)cc1. The molecule has 0 saturated carbocycles. The number of carbonyl (C=O) groups is 2. The first-order valence-corrected chi connectivity index (χ1v) is 8.50. The Morgan fingerprint density at radius 2 is 1.88 bits per heavy atom. The largest absolute Gasteiger partial charge is 0.469 e. The number of nitrogens with zero attached hydrogens (tertiary/aromatic N) is 1. The van der Waals surface area contributed by atoms with Crippen LogP contribution >= 0.6 is 0 Å². The van der Waals surface area contributed by atoms with Crippen LogP contribution in [0.4, 0.5) is 0 Å². The van der Waals surface area contributed by atoms with E-state index in [-0.39, 0.29) is 24.4 Å². The molecule has 1 N–H and O–H groups in total. The average molecular weight is 335 g/mol. The van der Waals surface area contributed by atoms with Crippen molar-refractivity contribution in [3.63, 3.8) is 0 Å². The number of aryl methyl sites for hydroxylation is 2. The highest BCUT2D eigenvalue weighted by molar-refractivity contribution is 5.78. The van der Waals surface area contributed by atoms with Crippen LogP contribution in [0.5, 0.6) is 0 Å². The van der Waals surface area contributed by atoms with E-state index in [0.29, 0.717) is 25.9 Å². The van der Waals surface area contributed by atoms with Gasteiger partial charge in [0.05, 0.1) is 13.0 Å².